The van der Waals surface area contributed by atoms with Gasteiger partial charge in [-0.25, -0.2) is 18.2 Å². The Hall–Kier alpha value is -3.95. The fourth-order valence-electron chi connectivity index (χ4n) is 3.40. The summed E-state index contributed by atoms with van der Waals surface area (Å²) < 4.78 is 30.6. The summed E-state index contributed by atoms with van der Waals surface area (Å²) in [6, 6.07) is 21.2. The molecule has 168 valence electrons. The lowest BCUT2D eigenvalue weighted by atomic mass is 10.1. The van der Waals surface area contributed by atoms with Crippen molar-refractivity contribution in [2.75, 3.05) is 12.4 Å². The number of primary sulfonamides is 1. The molecule has 0 atom stereocenters. The summed E-state index contributed by atoms with van der Waals surface area (Å²) in [5.74, 6) is 0.245. The van der Waals surface area contributed by atoms with Crippen molar-refractivity contribution < 1.29 is 17.9 Å². The van der Waals surface area contributed by atoms with Crippen molar-refractivity contribution >= 4 is 21.6 Å². The van der Waals surface area contributed by atoms with Crippen LogP contribution in [0.1, 0.15) is 15.9 Å². The number of nitrogens with one attached hydrogen (secondary N) is 1. The van der Waals surface area contributed by atoms with E-state index in [1.165, 1.54) is 6.07 Å². The lowest BCUT2D eigenvalue weighted by Crippen LogP contribution is -2.16. The zero-order chi connectivity index (χ0) is 23.6. The number of sulfonamides is 1. The lowest BCUT2D eigenvalue weighted by molar-refractivity contribution is 0.102. The standard InChI is InChI=1S/C24H22N4O4S/c1-16-8-11-18(14-22(16)33(25,30)31)26-24(29)21-15-28(19-6-4-3-5-7-19)27-23(21)17-9-12-20(32-2)13-10-17/h3-15H,1-2H3,(H,26,29)(H2,25,30,31). The quantitative estimate of drug-likeness (QED) is 0.453. The molecular weight excluding hydrogens is 440 g/mol. The van der Waals surface area contributed by atoms with E-state index in [-0.39, 0.29) is 4.90 Å². The fourth-order valence-corrected chi connectivity index (χ4v) is 4.21. The van der Waals surface area contributed by atoms with Crippen molar-refractivity contribution in [2.24, 2.45) is 5.14 Å². The van der Waals surface area contributed by atoms with E-state index in [0.717, 1.165) is 11.3 Å². The van der Waals surface area contributed by atoms with Crippen LogP contribution in [0.4, 0.5) is 5.69 Å². The van der Waals surface area contributed by atoms with Crippen molar-refractivity contribution in [3.8, 4) is 22.7 Å². The number of rotatable bonds is 6. The molecule has 1 amide bonds. The Morgan fingerprint density at radius 2 is 1.73 bits per heavy atom. The lowest BCUT2D eigenvalue weighted by Gasteiger charge is -2.09. The normalized spacial score (nSPS) is 11.2. The Balaban J connectivity index is 1.75. The average Bonchev–Trinajstić information content (AvgIpc) is 3.26. The van der Waals surface area contributed by atoms with Crippen LogP contribution in [0.2, 0.25) is 0 Å². The van der Waals surface area contributed by atoms with Gasteiger partial charge in [0.25, 0.3) is 5.91 Å². The van der Waals surface area contributed by atoms with Crippen LogP contribution in [0.3, 0.4) is 0 Å². The molecule has 0 saturated carbocycles. The molecule has 0 unspecified atom stereocenters. The maximum Gasteiger partial charge on any atom is 0.259 e. The Kier molecular flexibility index (Phi) is 5.99. The number of ether oxygens (including phenoxy) is 1. The second-order valence-corrected chi connectivity index (χ2v) is 8.91. The number of hydrogen-bond donors (Lipinski definition) is 2. The molecule has 8 nitrogen and oxygen atoms in total. The molecule has 0 aliphatic heterocycles. The van der Waals surface area contributed by atoms with Crippen LogP contribution in [0.15, 0.2) is 83.9 Å². The molecule has 0 aliphatic rings. The molecule has 4 aromatic rings. The monoisotopic (exact) mass is 462 g/mol. The first-order valence-corrected chi connectivity index (χ1v) is 11.6. The summed E-state index contributed by atoms with van der Waals surface area (Å²) in [5.41, 5.74) is 3.11. The maximum atomic E-state index is 13.3. The van der Waals surface area contributed by atoms with Crippen molar-refractivity contribution in [2.45, 2.75) is 11.8 Å². The van der Waals surface area contributed by atoms with Crippen molar-refractivity contribution in [1.82, 2.24) is 9.78 Å². The second-order valence-electron chi connectivity index (χ2n) is 7.38. The van der Waals surface area contributed by atoms with Crippen LogP contribution in [0, 0.1) is 6.92 Å². The molecule has 0 radical (unpaired) electrons. The van der Waals surface area contributed by atoms with E-state index in [1.807, 2.05) is 42.5 Å². The van der Waals surface area contributed by atoms with E-state index in [9.17, 15) is 13.2 Å². The summed E-state index contributed by atoms with van der Waals surface area (Å²) in [4.78, 5) is 13.2. The number of nitrogens with zero attached hydrogens (tertiary/aromatic N) is 2. The Morgan fingerprint density at radius 1 is 1.03 bits per heavy atom. The van der Waals surface area contributed by atoms with Crippen LogP contribution in [-0.4, -0.2) is 31.2 Å². The van der Waals surface area contributed by atoms with E-state index >= 15 is 0 Å². The molecule has 0 spiro atoms. The molecule has 1 aromatic heterocycles. The molecule has 4 rings (SSSR count). The number of para-hydroxylation sites is 1. The number of aryl methyl sites for hydroxylation is 1. The highest BCUT2D eigenvalue weighted by molar-refractivity contribution is 7.89. The minimum atomic E-state index is -3.93. The van der Waals surface area contributed by atoms with Crippen molar-refractivity contribution in [1.29, 1.82) is 0 Å². The SMILES string of the molecule is COc1ccc(-c2nn(-c3ccccc3)cc2C(=O)Nc2ccc(C)c(S(N)(=O)=O)c2)cc1. The first-order chi connectivity index (χ1) is 15.8. The Morgan fingerprint density at radius 3 is 2.36 bits per heavy atom. The summed E-state index contributed by atoms with van der Waals surface area (Å²) in [6.45, 7) is 1.64. The molecule has 33 heavy (non-hydrogen) atoms. The van der Waals surface area contributed by atoms with Gasteiger partial charge in [0.15, 0.2) is 0 Å². The first kappa shape index (κ1) is 22.3. The number of anilines is 1. The number of carbonyl (C=O) groups is 1. The van der Waals surface area contributed by atoms with Gasteiger partial charge in [0.2, 0.25) is 10.0 Å². The second kappa shape index (κ2) is 8.89. The average molecular weight is 463 g/mol. The fraction of sp³-hybridized carbons (Fsp3) is 0.0833. The molecule has 0 fully saturated rings. The number of amides is 1. The van der Waals surface area contributed by atoms with Crippen molar-refractivity contribution in [3.63, 3.8) is 0 Å². The maximum absolute atomic E-state index is 13.3. The van der Waals surface area contributed by atoms with E-state index < -0.39 is 15.9 Å². The molecular formula is C24H22N4O4S. The van der Waals surface area contributed by atoms with Gasteiger partial charge in [0, 0.05) is 17.4 Å². The smallest absolute Gasteiger partial charge is 0.259 e. The van der Waals surface area contributed by atoms with E-state index in [4.69, 9.17) is 9.88 Å². The minimum Gasteiger partial charge on any atom is -0.497 e. The van der Waals surface area contributed by atoms with Crippen LogP contribution in [0.25, 0.3) is 16.9 Å². The van der Waals surface area contributed by atoms with Gasteiger partial charge in [-0.1, -0.05) is 24.3 Å². The van der Waals surface area contributed by atoms with Crippen molar-refractivity contribution in [3.05, 3.63) is 90.1 Å². The van der Waals surface area contributed by atoms with E-state index in [0.29, 0.717) is 28.3 Å². The molecule has 9 heteroatoms. The number of methoxy groups -OCH3 is 1. The summed E-state index contributed by atoms with van der Waals surface area (Å²) >= 11 is 0. The minimum absolute atomic E-state index is 0.0457. The van der Waals surface area contributed by atoms with Gasteiger partial charge in [-0.05, 0) is 61.0 Å². The van der Waals surface area contributed by atoms with Crippen LogP contribution < -0.4 is 15.2 Å². The third-order valence-electron chi connectivity index (χ3n) is 5.10. The predicted molar refractivity (Wildman–Crippen MR) is 126 cm³/mol. The molecule has 0 saturated heterocycles. The first-order valence-electron chi connectivity index (χ1n) is 10.0. The van der Waals surface area contributed by atoms with Gasteiger partial charge in [-0.15, -0.1) is 0 Å². The molecule has 0 aliphatic carbocycles. The van der Waals surface area contributed by atoms with Crippen LogP contribution in [-0.2, 0) is 10.0 Å². The van der Waals surface area contributed by atoms with Gasteiger partial charge in [-0.3, -0.25) is 4.79 Å². The zero-order valence-electron chi connectivity index (χ0n) is 18.0. The Bertz CT molecular complexity index is 1410. The van der Waals surface area contributed by atoms with Crippen LogP contribution >= 0.6 is 0 Å². The van der Waals surface area contributed by atoms with E-state index in [1.54, 1.807) is 49.2 Å². The van der Waals surface area contributed by atoms with Gasteiger partial charge in [0.1, 0.15) is 11.4 Å². The summed E-state index contributed by atoms with van der Waals surface area (Å²) in [5, 5.41) is 12.7. The van der Waals surface area contributed by atoms with Gasteiger partial charge >= 0.3 is 0 Å². The number of aromatic nitrogens is 2. The summed E-state index contributed by atoms with van der Waals surface area (Å²) in [7, 11) is -2.35. The van der Waals surface area contributed by atoms with E-state index in [2.05, 4.69) is 10.4 Å². The predicted octanol–water partition coefficient (Wildman–Crippen LogP) is 3.76. The molecule has 3 aromatic carbocycles. The highest BCUT2D eigenvalue weighted by Crippen LogP contribution is 2.27. The third kappa shape index (κ3) is 4.79. The zero-order valence-corrected chi connectivity index (χ0v) is 18.8. The molecule has 0 bridgehead atoms. The highest BCUT2D eigenvalue weighted by atomic mass is 32.2. The number of benzene rings is 3. The number of carbonyl (C=O) groups excluding carboxylic acids is 1. The third-order valence-corrected chi connectivity index (χ3v) is 6.15. The molecule has 1 heterocycles. The van der Waals surface area contributed by atoms with Gasteiger partial charge in [-0.2, -0.15) is 5.10 Å². The Labute approximate surface area is 191 Å². The molecule has 3 N–H and O–H groups in total. The van der Waals surface area contributed by atoms with Crippen LogP contribution in [0.5, 0.6) is 5.75 Å². The summed E-state index contributed by atoms with van der Waals surface area (Å²) in [6.07, 6.45) is 1.64. The number of nitrogens with two attached hydrogens (primary N) is 1. The largest absolute Gasteiger partial charge is 0.497 e. The van der Waals surface area contributed by atoms with Gasteiger partial charge in [0.05, 0.1) is 23.3 Å². The van der Waals surface area contributed by atoms with Gasteiger partial charge < -0.3 is 10.1 Å². The number of hydrogen-bond acceptors (Lipinski definition) is 5. The topological polar surface area (TPSA) is 116 Å². The highest BCUT2D eigenvalue weighted by Gasteiger charge is 2.20.